The quantitative estimate of drug-likeness (QED) is 0.718. The van der Waals surface area contributed by atoms with Crippen molar-refractivity contribution in [1.29, 1.82) is 0 Å². The van der Waals surface area contributed by atoms with Crippen LogP contribution in [0.15, 0.2) is 30.3 Å². The molecule has 2 rings (SSSR count). The molecule has 0 spiro atoms. The molecule has 1 aliphatic rings. The van der Waals surface area contributed by atoms with Crippen LogP contribution in [0.4, 0.5) is 0 Å². The van der Waals surface area contributed by atoms with Gasteiger partial charge in [-0.3, -0.25) is 0 Å². The van der Waals surface area contributed by atoms with Crippen LogP contribution in [-0.4, -0.2) is 3.26 Å². The van der Waals surface area contributed by atoms with E-state index in [2.05, 4.69) is 30.3 Å². The van der Waals surface area contributed by atoms with Gasteiger partial charge in [0.15, 0.2) is 0 Å². The average Bonchev–Trinajstić information content (AvgIpc) is 2.30. The topological polar surface area (TPSA) is 0 Å². The van der Waals surface area contributed by atoms with Gasteiger partial charge < -0.3 is 0 Å². The SMILES string of the molecule is [Hf+2]=[C](c1ccccc1)C1CCCCC1. The fourth-order valence-electron chi connectivity index (χ4n) is 2.24. The molecular weight excluding hydrogens is 335 g/mol. The molecule has 0 nitrogen and oxygen atoms in total. The van der Waals surface area contributed by atoms with Gasteiger partial charge in [0.25, 0.3) is 0 Å². The average molecular weight is 351 g/mol. The summed E-state index contributed by atoms with van der Waals surface area (Å²) in [6.45, 7) is 0. The molecule has 0 heterocycles. The molecule has 1 aliphatic carbocycles. The van der Waals surface area contributed by atoms with Crippen molar-refractivity contribution in [2.75, 3.05) is 0 Å². The van der Waals surface area contributed by atoms with E-state index >= 15 is 0 Å². The second-order valence-corrected chi connectivity index (χ2v) is 6.05. The maximum atomic E-state index is 2.27. The minimum atomic E-state index is 0.915. The van der Waals surface area contributed by atoms with Gasteiger partial charge in [0.1, 0.15) is 0 Å². The van der Waals surface area contributed by atoms with Crippen molar-refractivity contribution in [3.05, 3.63) is 35.9 Å². The Bertz CT molecular complexity index is 296. The summed E-state index contributed by atoms with van der Waals surface area (Å²) in [7, 11) is 0. The molecule has 1 fully saturated rings. The number of hydrogen-bond acceptors (Lipinski definition) is 0. The van der Waals surface area contributed by atoms with Crippen LogP contribution in [0.1, 0.15) is 37.7 Å². The third-order valence-electron chi connectivity index (χ3n) is 3.10. The Kier molecular flexibility index (Phi) is 3.86. The van der Waals surface area contributed by atoms with Gasteiger partial charge in [0.2, 0.25) is 0 Å². The van der Waals surface area contributed by atoms with Crippen molar-refractivity contribution in [3.8, 4) is 0 Å². The molecule has 70 valence electrons. The van der Waals surface area contributed by atoms with Gasteiger partial charge in [0, 0.05) is 0 Å². The molecule has 0 N–H and O–H groups in total. The standard InChI is InChI=1S/C13H16.Hf/c1-3-7-12(8-4-1)11-13-9-5-2-6-10-13;/h1,3-4,7-8,13H,2,5-6,9-10H2;/q;+2. The summed E-state index contributed by atoms with van der Waals surface area (Å²) in [5.41, 5.74) is 1.51. The molecule has 1 heteroatoms. The van der Waals surface area contributed by atoms with Crippen molar-refractivity contribution in [3.63, 3.8) is 0 Å². The van der Waals surface area contributed by atoms with Crippen LogP contribution in [0.25, 0.3) is 0 Å². The van der Waals surface area contributed by atoms with Crippen LogP contribution < -0.4 is 0 Å². The third-order valence-corrected chi connectivity index (χ3v) is 5.60. The zero-order chi connectivity index (χ0) is 9.80. The van der Waals surface area contributed by atoms with Gasteiger partial charge in [-0.05, 0) is 0 Å². The van der Waals surface area contributed by atoms with Crippen LogP contribution in [0, 0.1) is 5.92 Å². The molecule has 1 aromatic rings. The summed E-state index contributed by atoms with van der Waals surface area (Å²) in [6, 6.07) is 11.0. The van der Waals surface area contributed by atoms with Crippen LogP contribution in [-0.2, 0) is 23.9 Å². The zero-order valence-electron chi connectivity index (χ0n) is 8.50. The molecule has 0 amide bonds. The first-order valence-electron chi connectivity index (χ1n) is 5.52. The first-order valence-corrected chi connectivity index (χ1v) is 7.31. The summed E-state index contributed by atoms with van der Waals surface area (Å²) in [5.74, 6) is 0.915. The Morgan fingerprint density at radius 2 is 1.64 bits per heavy atom. The molecule has 1 aromatic carbocycles. The fraction of sp³-hybridized carbons (Fsp3) is 0.462. The van der Waals surface area contributed by atoms with Crippen molar-refractivity contribution < 1.29 is 23.9 Å². The summed E-state index contributed by atoms with van der Waals surface area (Å²) >= 11 is 1.23. The number of hydrogen-bond donors (Lipinski definition) is 0. The molecule has 0 unspecified atom stereocenters. The van der Waals surface area contributed by atoms with Crippen LogP contribution in [0.5, 0.6) is 0 Å². The van der Waals surface area contributed by atoms with Crippen molar-refractivity contribution in [1.82, 2.24) is 0 Å². The van der Waals surface area contributed by atoms with E-state index in [1.807, 2.05) is 0 Å². The normalized spacial score (nSPS) is 18.1. The summed E-state index contributed by atoms with van der Waals surface area (Å²) < 4.78 is 1.74. The number of benzene rings is 1. The molecule has 14 heavy (non-hydrogen) atoms. The number of rotatable bonds is 2. The molecular formula is C13H16Hf+2. The molecule has 0 aromatic heterocycles. The molecule has 0 aliphatic heterocycles. The first kappa shape index (κ1) is 10.5. The Hall–Kier alpha value is -0.0399. The van der Waals surface area contributed by atoms with Gasteiger partial charge in [-0.25, -0.2) is 0 Å². The van der Waals surface area contributed by atoms with Crippen molar-refractivity contribution in [2.45, 2.75) is 32.1 Å². The summed E-state index contributed by atoms with van der Waals surface area (Å²) in [4.78, 5) is 0. The van der Waals surface area contributed by atoms with Gasteiger partial charge >= 0.3 is 101 Å². The predicted octanol–water partition coefficient (Wildman–Crippen LogP) is 3.33. The Labute approximate surface area is 101 Å². The molecule has 1 saturated carbocycles. The van der Waals surface area contributed by atoms with E-state index in [0.717, 1.165) is 5.92 Å². The minimum absolute atomic E-state index is 0.915. The van der Waals surface area contributed by atoms with Gasteiger partial charge in [0.05, 0.1) is 0 Å². The van der Waals surface area contributed by atoms with E-state index in [0.29, 0.717) is 0 Å². The van der Waals surface area contributed by atoms with Crippen LogP contribution in [0.3, 0.4) is 0 Å². The van der Waals surface area contributed by atoms with Crippen molar-refractivity contribution in [2.24, 2.45) is 5.92 Å². The Morgan fingerprint density at radius 3 is 2.29 bits per heavy atom. The Balaban J connectivity index is 2.07. The van der Waals surface area contributed by atoms with Gasteiger partial charge in [-0.15, -0.1) is 0 Å². The monoisotopic (exact) mass is 352 g/mol. The predicted molar refractivity (Wildman–Crippen MR) is 57.1 cm³/mol. The molecule has 0 bridgehead atoms. The molecule has 0 saturated heterocycles. The third kappa shape index (κ3) is 2.50. The second kappa shape index (κ2) is 5.16. The van der Waals surface area contributed by atoms with E-state index in [1.165, 1.54) is 61.6 Å². The summed E-state index contributed by atoms with van der Waals surface area (Å²) in [6.07, 6.45) is 7.23. The van der Waals surface area contributed by atoms with E-state index in [1.54, 1.807) is 3.26 Å². The second-order valence-electron chi connectivity index (χ2n) is 4.11. The molecule has 0 atom stereocenters. The molecule has 0 radical (unpaired) electrons. The van der Waals surface area contributed by atoms with Crippen LogP contribution >= 0.6 is 0 Å². The van der Waals surface area contributed by atoms with E-state index in [4.69, 9.17) is 0 Å². The Morgan fingerprint density at radius 1 is 1.00 bits per heavy atom. The maximum absolute atomic E-state index is 2.27. The van der Waals surface area contributed by atoms with Gasteiger partial charge in [-0.2, -0.15) is 0 Å². The van der Waals surface area contributed by atoms with E-state index in [9.17, 15) is 0 Å². The van der Waals surface area contributed by atoms with Crippen LogP contribution in [0.2, 0.25) is 0 Å². The van der Waals surface area contributed by atoms with E-state index in [-0.39, 0.29) is 0 Å². The van der Waals surface area contributed by atoms with Gasteiger partial charge in [-0.1, -0.05) is 0 Å². The van der Waals surface area contributed by atoms with E-state index < -0.39 is 0 Å². The zero-order valence-corrected chi connectivity index (χ0v) is 12.1. The summed E-state index contributed by atoms with van der Waals surface area (Å²) in [5, 5.41) is 0. The fourth-order valence-corrected chi connectivity index (χ4v) is 3.88. The first-order chi connectivity index (χ1) is 6.88. The van der Waals surface area contributed by atoms with Crippen molar-refractivity contribution >= 4 is 3.26 Å².